The van der Waals surface area contributed by atoms with Crippen molar-refractivity contribution in [2.24, 2.45) is 0 Å². The molecule has 0 amide bonds. The highest BCUT2D eigenvalue weighted by Gasteiger charge is 2.19. The summed E-state index contributed by atoms with van der Waals surface area (Å²) in [6.07, 6.45) is 0. The number of nitrogens with zero attached hydrogens (tertiary/aromatic N) is 2. The smallest absolute Gasteiger partial charge is 0.0542 e. The van der Waals surface area contributed by atoms with Gasteiger partial charge >= 0.3 is 0 Å². The van der Waals surface area contributed by atoms with E-state index in [2.05, 4.69) is 228 Å². The minimum absolute atomic E-state index is 1.13. The van der Waals surface area contributed by atoms with Crippen LogP contribution in [0, 0.1) is 0 Å². The van der Waals surface area contributed by atoms with Gasteiger partial charge in [-0.25, -0.2) is 0 Å². The topological polar surface area (TPSA) is 9.86 Å². The highest BCUT2D eigenvalue weighted by Crippen LogP contribution is 2.39. The quantitative estimate of drug-likeness (QED) is 0.162. The highest BCUT2D eigenvalue weighted by molar-refractivity contribution is 6.03. The SMILES string of the molecule is c1ccc(-c2cc3cc4c(cc(-c5ccccc5)n4-c4ccc(-c5cccc6ccccc56)cc4)cc3n2-c2ccc(-c3cccc4ccccc34)cc2)cc1. The zero-order chi connectivity index (χ0) is 37.0. The van der Waals surface area contributed by atoms with Gasteiger partial charge in [0.2, 0.25) is 0 Å². The molecule has 0 unspecified atom stereocenters. The minimum Gasteiger partial charge on any atom is -0.309 e. The van der Waals surface area contributed by atoms with E-state index in [-0.39, 0.29) is 0 Å². The first-order chi connectivity index (χ1) is 27.8. The van der Waals surface area contributed by atoms with Gasteiger partial charge in [0, 0.05) is 22.1 Å². The van der Waals surface area contributed by atoms with E-state index in [1.165, 1.54) is 88.1 Å². The van der Waals surface area contributed by atoms with Crippen molar-refractivity contribution in [1.29, 1.82) is 0 Å². The van der Waals surface area contributed by atoms with Gasteiger partial charge in [0.05, 0.1) is 22.4 Å². The van der Waals surface area contributed by atoms with E-state index in [1.807, 2.05) is 0 Å². The van der Waals surface area contributed by atoms with E-state index in [1.54, 1.807) is 0 Å². The van der Waals surface area contributed by atoms with Gasteiger partial charge in [0.25, 0.3) is 0 Å². The van der Waals surface area contributed by atoms with Crippen molar-refractivity contribution < 1.29 is 0 Å². The number of rotatable bonds is 6. The number of benzene rings is 9. The van der Waals surface area contributed by atoms with Crippen molar-refractivity contribution in [3.05, 3.63) is 218 Å². The molecule has 0 bridgehead atoms. The largest absolute Gasteiger partial charge is 0.309 e. The molecule has 2 heteroatoms. The predicted octanol–water partition coefficient (Wildman–Crippen LogP) is 14.5. The molecule has 0 fully saturated rings. The average Bonchev–Trinajstić information content (AvgIpc) is 3.84. The third-order valence-corrected chi connectivity index (χ3v) is 11.3. The molecule has 0 atom stereocenters. The number of hydrogen-bond acceptors (Lipinski definition) is 0. The van der Waals surface area contributed by atoms with Crippen LogP contribution in [-0.4, -0.2) is 9.13 Å². The van der Waals surface area contributed by atoms with Gasteiger partial charge in [0.1, 0.15) is 0 Å². The molecule has 0 radical (unpaired) electrons. The first-order valence-electron chi connectivity index (χ1n) is 19.3. The second-order valence-electron chi connectivity index (χ2n) is 14.6. The summed E-state index contributed by atoms with van der Waals surface area (Å²) < 4.78 is 4.85. The van der Waals surface area contributed by atoms with Crippen LogP contribution in [0.25, 0.3) is 99.5 Å². The summed E-state index contributed by atoms with van der Waals surface area (Å²) in [6, 6.07) is 79.5. The monoisotopic (exact) mass is 712 g/mol. The maximum atomic E-state index is 2.43. The molecule has 2 nitrogen and oxygen atoms in total. The van der Waals surface area contributed by atoms with Crippen LogP contribution in [0.15, 0.2) is 218 Å². The fourth-order valence-corrected chi connectivity index (χ4v) is 8.64. The van der Waals surface area contributed by atoms with Crippen molar-refractivity contribution >= 4 is 43.4 Å². The van der Waals surface area contributed by atoms with E-state index in [0.29, 0.717) is 0 Å². The van der Waals surface area contributed by atoms with Gasteiger partial charge in [0.15, 0.2) is 0 Å². The fraction of sp³-hybridized carbons (Fsp3) is 0. The van der Waals surface area contributed by atoms with E-state index >= 15 is 0 Å². The molecule has 56 heavy (non-hydrogen) atoms. The molecule has 0 aliphatic heterocycles. The Morgan fingerprint density at radius 2 is 0.625 bits per heavy atom. The molecule has 0 N–H and O–H groups in total. The van der Waals surface area contributed by atoms with Crippen LogP contribution in [0.1, 0.15) is 0 Å². The molecule has 0 spiro atoms. The van der Waals surface area contributed by atoms with Crippen molar-refractivity contribution in [3.8, 4) is 56.1 Å². The lowest BCUT2D eigenvalue weighted by Crippen LogP contribution is -1.98. The summed E-state index contributed by atoms with van der Waals surface area (Å²) >= 11 is 0. The van der Waals surface area contributed by atoms with E-state index < -0.39 is 0 Å². The molecule has 0 aliphatic rings. The molecule has 2 aromatic heterocycles. The van der Waals surface area contributed by atoms with Gasteiger partial charge in [-0.2, -0.15) is 0 Å². The zero-order valence-corrected chi connectivity index (χ0v) is 30.7. The van der Waals surface area contributed by atoms with E-state index in [9.17, 15) is 0 Å². The zero-order valence-electron chi connectivity index (χ0n) is 30.7. The Kier molecular flexibility index (Phi) is 7.53. The molecule has 11 rings (SSSR count). The molecule has 9 aromatic carbocycles. The van der Waals surface area contributed by atoms with Crippen molar-refractivity contribution in [2.45, 2.75) is 0 Å². The molecular formula is C54H36N2. The first kappa shape index (κ1) is 32.0. The molecule has 0 saturated heterocycles. The Hall–Kier alpha value is -7.42. The molecule has 262 valence electrons. The summed E-state index contributed by atoms with van der Waals surface area (Å²) in [6.45, 7) is 0. The second-order valence-corrected chi connectivity index (χ2v) is 14.6. The van der Waals surface area contributed by atoms with Crippen LogP contribution in [-0.2, 0) is 0 Å². The normalized spacial score (nSPS) is 11.6. The Morgan fingerprint density at radius 1 is 0.250 bits per heavy atom. The average molecular weight is 713 g/mol. The Bertz CT molecular complexity index is 2970. The van der Waals surface area contributed by atoms with Crippen molar-refractivity contribution in [2.75, 3.05) is 0 Å². The fourth-order valence-electron chi connectivity index (χ4n) is 8.64. The molecule has 0 aliphatic carbocycles. The van der Waals surface area contributed by atoms with Gasteiger partial charge in [-0.15, -0.1) is 0 Å². The summed E-state index contributed by atoms with van der Waals surface area (Å²) in [5.41, 5.74) is 14.2. The van der Waals surface area contributed by atoms with Gasteiger partial charge in [-0.1, -0.05) is 170 Å². The third kappa shape index (κ3) is 5.34. The lowest BCUT2D eigenvalue weighted by atomic mass is 9.98. The Balaban J connectivity index is 1.09. The maximum absolute atomic E-state index is 2.43. The number of fused-ring (bicyclic) bond motifs is 4. The third-order valence-electron chi connectivity index (χ3n) is 11.3. The van der Waals surface area contributed by atoms with Crippen LogP contribution < -0.4 is 0 Å². The van der Waals surface area contributed by atoms with Gasteiger partial charge in [-0.05, 0) is 103 Å². The lowest BCUT2D eigenvalue weighted by molar-refractivity contribution is 1.13. The number of hydrogen-bond donors (Lipinski definition) is 0. The summed E-state index contributed by atoms with van der Waals surface area (Å²) in [5, 5.41) is 7.43. The summed E-state index contributed by atoms with van der Waals surface area (Å²) in [5.74, 6) is 0. The summed E-state index contributed by atoms with van der Waals surface area (Å²) in [4.78, 5) is 0. The molecule has 2 heterocycles. The van der Waals surface area contributed by atoms with Crippen LogP contribution >= 0.6 is 0 Å². The number of aromatic nitrogens is 2. The predicted molar refractivity (Wildman–Crippen MR) is 237 cm³/mol. The molecular weight excluding hydrogens is 677 g/mol. The summed E-state index contributed by atoms with van der Waals surface area (Å²) in [7, 11) is 0. The maximum Gasteiger partial charge on any atom is 0.0542 e. The van der Waals surface area contributed by atoms with Crippen molar-refractivity contribution in [3.63, 3.8) is 0 Å². The first-order valence-corrected chi connectivity index (χ1v) is 19.3. The lowest BCUT2D eigenvalue weighted by Gasteiger charge is -2.14. The van der Waals surface area contributed by atoms with Gasteiger partial charge < -0.3 is 9.13 Å². The molecule has 0 saturated carbocycles. The minimum atomic E-state index is 1.13. The Labute approximate surface area is 325 Å². The van der Waals surface area contributed by atoms with Gasteiger partial charge in [-0.3, -0.25) is 0 Å². The van der Waals surface area contributed by atoms with Crippen LogP contribution in [0.5, 0.6) is 0 Å². The molecule has 11 aromatic rings. The Morgan fingerprint density at radius 3 is 1.05 bits per heavy atom. The van der Waals surface area contributed by atoms with Crippen LogP contribution in [0.3, 0.4) is 0 Å². The van der Waals surface area contributed by atoms with Crippen molar-refractivity contribution in [1.82, 2.24) is 9.13 Å². The van der Waals surface area contributed by atoms with E-state index in [4.69, 9.17) is 0 Å². The second kappa shape index (κ2) is 13.2. The van der Waals surface area contributed by atoms with Crippen LogP contribution in [0.2, 0.25) is 0 Å². The highest BCUT2D eigenvalue weighted by atomic mass is 15.0. The standard InChI is InChI=1S/C54H36N2/c1-3-15-41(16-4-1)51-33-43-35-54-44(36-53(43)55(51)45-29-25-39(26-30-45)49-23-11-19-37-13-7-9-21-47(37)49)34-52(42-17-5-2-6-18-42)56(54)46-31-27-40(28-32-46)50-24-12-20-38-14-8-10-22-48(38)50/h1-36H. The van der Waals surface area contributed by atoms with Crippen LogP contribution in [0.4, 0.5) is 0 Å². The van der Waals surface area contributed by atoms with E-state index in [0.717, 1.165) is 11.4 Å².